The van der Waals surface area contributed by atoms with E-state index in [2.05, 4.69) is 28.8 Å². The smallest absolute Gasteiger partial charge is 0.396 e. The Bertz CT molecular complexity index is 330. The summed E-state index contributed by atoms with van der Waals surface area (Å²) in [6, 6.07) is 0. The van der Waals surface area contributed by atoms with Gasteiger partial charge in [0.25, 0.3) is 0 Å². The summed E-state index contributed by atoms with van der Waals surface area (Å²) in [5.41, 5.74) is 0. The monoisotopic (exact) mass is 226 g/mol. The van der Waals surface area contributed by atoms with E-state index in [0.717, 1.165) is 25.7 Å². The molecular weight excluding hydrogens is 208 g/mol. The van der Waals surface area contributed by atoms with Gasteiger partial charge in [0.2, 0.25) is 5.89 Å². The quantitative estimate of drug-likeness (QED) is 0.697. The summed E-state index contributed by atoms with van der Waals surface area (Å²) in [6.45, 7) is 4.22. The zero-order valence-electron chi connectivity index (χ0n) is 10.0. The predicted molar refractivity (Wildman–Crippen MR) is 58.2 cm³/mol. The van der Waals surface area contributed by atoms with Crippen molar-refractivity contribution in [2.75, 3.05) is 7.11 Å². The lowest BCUT2D eigenvalue weighted by molar-refractivity contribution is 0.0553. The van der Waals surface area contributed by atoms with E-state index in [4.69, 9.17) is 4.42 Å². The lowest BCUT2D eigenvalue weighted by Gasteiger charge is -2.09. The Balaban J connectivity index is 2.76. The van der Waals surface area contributed by atoms with Gasteiger partial charge in [0, 0.05) is 5.92 Å². The maximum atomic E-state index is 11.1. The highest BCUT2D eigenvalue weighted by molar-refractivity contribution is 5.83. The van der Waals surface area contributed by atoms with Crippen LogP contribution in [0.15, 0.2) is 4.42 Å². The molecule has 0 aromatic carbocycles. The average molecular weight is 226 g/mol. The molecule has 0 fully saturated rings. The van der Waals surface area contributed by atoms with Crippen LogP contribution in [0.3, 0.4) is 0 Å². The Kier molecular flexibility index (Phi) is 4.95. The number of rotatable bonds is 6. The number of hydrogen-bond donors (Lipinski definition) is 0. The number of hydrogen-bond acceptors (Lipinski definition) is 5. The van der Waals surface area contributed by atoms with Gasteiger partial charge in [-0.2, -0.15) is 0 Å². The second-order valence-corrected chi connectivity index (χ2v) is 3.71. The van der Waals surface area contributed by atoms with Crippen molar-refractivity contribution in [3.05, 3.63) is 11.8 Å². The molecule has 0 radical (unpaired) electrons. The Morgan fingerprint density at radius 1 is 1.31 bits per heavy atom. The molecule has 0 N–H and O–H groups in total. The highest BCUT2D eigenvalue weighted by Crippen LogP contribution is 2.25. The fourth-order valence-electron chi connectivity index (χ4n) is 1.66. The van der Waals surface area contributed by atoms with Crippen molar-refractivity contribution in [3.8, 4) is 0 Å². The van der Waals surface area contributed by atoms with Gasteiger partial charge in [-0.1, -0.05) is 26.7 Å². The van der Waals surface area contributed by atoms with Crippen molar-refractivity contribution in [1.82, 2.24) is 10.2 Å². The molecule has 90 valence electrons. The normalized spacial score (nSPS) is 10.8. The van der Waals surface area contributed by atoms with Crippen LogP contribution < -0.4 is 0 Å². The highest BCUT2D eigenvalue weighted by Gasteiger charge is 2.20. The van der Waals surface area contributed by atoms with Gasteiger partial charge >= 0.3 is 11.9 Å². The number of esters is 1. The first-order valence-corrected chi connectivity index (χ1v) is 5.64. The zero-order valence-corrected chi connectivity index (χ0v) is 10.0. The summed E-state index contributed by atoms with van der Waals surface area (Å²) < 4.78 is 9.82. The van der Waals surface area contributed by atoms with Crippen LogP contribution in [0, 0.1) is 0 Å². The van der Waals surface area contributed by atoms with E-state index in [1.54, 1.807) is 0 Å². The van der Waals surface area contributed by atoms with Gasteiger partial charge in [-0.3, -0.25) is 0 Å². The molecule has 0 amide bonds. The molecule has 1 heterocycles. The van der Waals surface area contributed by atoms with Crippen molar-refractivity contribution in [1.29, 1.82) is 0 Å². The topological polar surface area (TPSA) is 65.2 Å². The van der Waals surface area contributed by atoms with Gasteiger partial charge in [-0.25, -0.2) is 4.79 Å². The van der Waals surface area contributed by atoms with E-state index in [0.29, 0.717) is 5.89 Å². The van der Waals surface area contributed by atoms with Crippen molar-refractivity contribution in [3.63, 3.8) is 0 Å². The number of carbonyl (C=O) groups is 1. The first kappa shape index (κ1) is 12.7. The first-order valence-electron chi connectivity index (χ1n) is 5.64. The van der Waals surface area contributed by atoms with Crippen LogP contribution in [0.5, 0.6) is 0 Å². The van der Waals surface area contributed by atoms with Gasteiger partial charge in [-0.15, -0.1) is 10.2 Å². The second kappa shape index (κ2) is 6.25. The maximum absolute atomic E-state index is 11.1. The Hall–Kier alpha value is -1.39. The number of carbonyl (C=O) groups excluding carboxylic acids is 1. The SMILES string of the molecule is CCCC(CCC)c1nnc(C(=O)OC)o1. The predicted octanol–water partition coefficient (Wildman–Crippen LogP) is 2.54. The van der Waals surface area contributed by atoms with E-state index < -0.39 is 5.97 Å². The number of methoxy groups -OCH3 is 1. The summed E-state index contributed by atoms with van der Waals surface area (Å²) in [5.74, 6) is 0.158. The van der Waals surface area contributed by atoms with Crippen LogP contribution in [0.25, 0.3) is 0 Å². The summed E-state index contributed by atoms with van der Waals surface area (Å²) in [7, 11) is 1.29. The minimum Gasteiger partial charge on any atom is -0.462 e. The number of nitrogens with zero attached hydrogens (tertiary/aromatic N) is 2. The standard InChI is InChI=1S/C11H18N2O3/c1-4-6-8(7-5-2)9-12-13-10(16-9)11(14)15-3/h8H,4-7H2,1-3H3. The van der Waals surface area contributed by atoms with E-state index in [9.17, 15) is 4.79 Å². The summed E-state index contributed by atoms with van der Waals surface area (Å²) >= 11 is 0. The minimum atomic E-state index is -0.578. The van der Waals surface area contributed by atoms with Gasteiger partial charge < -0.3 is 9.15 Å². The molecule has 1 aromatic heterocycles. The van der Waals surface area contributed by atoms with E-state index in [-0.39, 0.29) is 11.8 Å². The summed E-state index contributed by atoms with van der Waals surface area (Å²) in [5, 5.41) is 7.59. The molecule has 5 nitrogen and oxygen atoms in total. The van der Waals surface area contributed by atoms with Crippen LogP contribution in [0.4, 0.5) is 0 Å². The molecule has 16 heavy (non-hydrogen) atoms. The van der Waals surface area contributed by atoms with Gasteiger partial charge in [0.1, 0.15) is 0 Å². The molecule has 0 bridgehead atoms. The molecular formula is C11H18N2O3. The maximum Gasteiger partial charge on any atom is 0.396 e. The molecule has 0 aliphatic carbocycles. The minimum absolute atomic E-state index is 0.0605. The zero-order chi connectivity index (χ0) is 12.0. The molecule has 0 unspecified atom stereocenters. The third kappa shape index (κ3) is 3.05. The fraction of sp³-hybridized carbons (Fsp3) is 0.727. The molecule has 0 aliphatic heterocycles. The van der Waals surface area contributed by atoms with Crippen LogP contribution in [-0.2, 0) is 4.74 Å². The van der Waals surface area contributed by atoms with E-state index >= 15 is 0 Å². The lowest BCUT2D eigenvalue weighted by Crippen LogP contribution is -2.01. The fourth-order valence-corrected chi connectivity index (χ4v) is 1.66. The highest BCUT2D eigenvalue weighted by atomic mass is 16.5. The second-order valence-electron chi connectivity index (χ2n) is 3.71. The van der Waals surface area contributed by atoms with Crippen molar-refractivity contribution >= 4 is 5.97 Å². The summed E-state index contributed by atoms with van der Waals surface area (Å²) in [4.78, 5) is 11.1. The molecule has 1 aromatic rings. The van der Waals surface area contributed by atoms with Crippen molar-refractivity contribution < 1.29 is 13.9 Å². The van der Waals surface area contributed by atoms with Crippen LogP contribution in [0.2, 0.25) is 0 Å². The van der Waals surface area contributed by atoms with Gasteiger partial charge in [0.05, 0.1) is 7.11 Å². The Morgan fingerprint density at radius 3 is 2.44 bits per heavy atom. The Labute approximate surface area is 95.2 Å². The number of aromatic nitrogens is 2. The Morgan fingerprint density at radius 2 is 1.94 bits per heavy atom. The third-order valence-corrected chi connectivity index (χ3v) is 2.42. The molecule has 1 rings (SSSR count). The third-order valence-electron chi connectivity index (χ3n) is 2.42. The van der Waals surface area contributed by atoms with Crippen LogP contribution in [0.1, 0.15) is 62.0 Å². The molecule has 0 spiro atoms. The van der Waals surface area contributed by atoms with E-state index in [1.165, 1.54) is 7.11 Å². The van der Waals surface area contributed by atoms with Gasteiger partial charge in [0.15, 0.2) is 0 Å². The molecule has 0 saturated carbocycles. The number of ether oxygens (including phenoxy) is 1. The van der Waals surface area contributed by atoms with E-state index in [1.807, 2.05) is 0 Å². The van der Waals surface area contributed by atoms with Gasteiger partial charge in [-0.05, 0) is 12.8 Å². The molecule has 0 aliphatic rings. The van der Waals surface area contributed by atoms with Crippen molar-refractivity contribution in [2.24, 2.45) is 0 Å². The molecule has 0 saturated heterocycles. The average Bonchev–Trinajstić information content (AvgIpc) is 2.77. The van der Waals surface area contributed by atoms with Crippen LogP contribution >= 0.6 is 0 Å². The first-order chi connectivity index (χ1) is 7.72. The lowest BCUT2D eigenvalue weighted by atomic mass is 9.98. The van der Waals surface area contributed by atoms with Crippen LogP contribution in [-0.4, -0.2) is 23.3 Å². The van der Waals surface area contributed by atoms with Crippen molar-refractivity contribution in [2.45, 2.75) is 45.4 Å². The largest absolute Gasteiger partial charge is 0.462 e. The molecule has 5 heteroatoms. The summed E-state index contributed by atoms with van der Waals surface area (Å²) in [6.07, 6.45) is 4.11. The molecule has 0 atom stereocenters.